The van der Waals surface area contributed by atoms with Crippen molar-refractivity contribution in [2.75, 3.05) is 28.2 Å². The van der Waals surface area contributed by atoms with Gasteiger partial charge in [-0.3, -0.25) is 8.87 Å². The molecule has 1 aromatic carbocycles. The average molecular weight is 631 g/mol. The second kappa shape index (κ2) is 13.4. The molecule has 0 aliphatic carbocycles. The van der Waals surface area contributed by atoms with Crippen molar-refractivity contribution in [3.05, 3.63) is 65.5 Å². The van der Waals surface area contributed by atoms with Crippen LogP contribution < -0.4 is 14.9 Å². The van der Waals surface area contributed by atoms with Gasteiger partial charge in [0, 0.05) is 37.2 Å². The first-order chi connectivity index (χ1) is 19.5. The van der Waals surface area contributed by atoms with Crippen LogP contribution in [-0.4, -0.2) is 48.9 Å². The molecular formula is C26H34F3N6O5PS. The molecular weight excluding hydrogens is 596 g/mol. The summed E-state index contributed by atoms with van der Waals surface area (Å²) in [5, 5.41) is 5.51. The van der Waals surface area contributed by atoms with Crippen molar-refractivity contribution in [3.8, 4) is 0 Å². The Hall–Kier alpha value is -3.26. The first-order valence-corrected chi connectivity index (χ1v) is 16.4. The minimum atomic E-state index is -4.76. The van der Waals surface area contributed by atoms with Crippen LogP contribution in [0.4, 0.5) is 36.4 Å². The van der Waals surface area contributed by atoms with Crippen LogP contribution in [-0.2, 0) is 42.5 Å². The van der Waals surface area contributed by atoms with Crippen LogP contribution in [0, 0.1) is 0 Å². The molecule has 0 saturated heterocycles. The molecule has 11 nitrogen and oxygen atoms in total. The van der Waals surface area contributed by atoms with Gasteiger partial charge >= 0.3 is 13.8 Å². The molecule has 3 rings (SSSR count). The first kappa shape index (κ1) is 33.2. The molecule has 3 aromatic rings. The van der Waals surface area contributed by atoms with Gasteiger partial charge in [-0.15, -0.1) is 0 Å². The summed E-state index contributed by atoms with van der Waals surface area (Å²) in [7, 11) is -5.78. The lowest BCUT2D eigenvalue weighted by molar-refractivity contribution is -0.137. The van der Waals surface area contributed by atoms with Gasteiger partial charge in [-0.25, -0.2) is 18.4 Å². The SMILES string of the molecule is CC(C)OP(=O)(Cc1ccc(Nc2ncc(C(F)(F)F)c(NCc3cccnc3N(C)S(C)(=O)=O)n2)cc1)OC(C)C. The van der Waals surface area contributed by atoms with Gasteiger partial charge in [-0.05, 0) is 51.5 Å². The molecule has 0 aliphatic heterocycles. The van der Waals surface area contributed by atoms with Crippen LogP contribution in [0.15, 0.2) is 48.8 Å². The van der Waals surface area contributed by atoms with Gasteiger partial charge in [0.15, 0.2) is 0 Å². The highest BCUT2D eigenvalue weighted by Crippen LogP contribution is 2.53. The normalized spacial score (nSPS) is 12.5. The second-order valence-electron chi connectivity index (χ2n) is 9.92. The Bertz CT molecular complexity index is 1510. The van der Waals surface area contributed by atoms with E-state index in [4.69, 9.17) is 9.05 Å². The Labute approximate surface area is 243 Å². The Morgan fingerprint density at radius 2 is 1.64 bits per heavy atom. The van der Waals surface area contributed by atoms with Crippen LogP contribution >= 0.6 is 7.60 Å². The Balaban J connectivity index is 1.82. The van der Waals surface area contributed by atoms with Crippen LogP contribution in [0.1, 0.15) is 44.4 Å². The number of hydrogen-bond acceptors (Lipinski definition) is 10. The number of anilines is 4. The summed E-state index contributed by atoms with van der Waals surface area (Å²) in [6, 6.07) is 9.74. The molecule has 0 atom stereocenters. The van der Waals surface area contributed by atoms with Gasteiger partial charge in [0.2, 0.25) is 16.0 Å². The van der Waals surface area contributed by atoms with E-state index in [-0.39, 0.29) is 36.7 Å². The van der Waals surface area contributed by atoms with Crippen LogP contribution in [0.5, 0.6) is 0 Å². The Morgan fingerprint density at radius 3 is 2.19 bits per heavy atom. The number of hydrogen-bond donors (Lipinski definition) is 2. The fourth-order valence-electron chi connectivity index (χ4n) is 3.76. The zero-order chi connectivity index (χ0) is 31.3. The fourth-order valence-corrected chi connectivity index (χ4v) is 6.38. The third-order valence-corrected chi connectivity index (χ3v) is 8.94. The van der Waals surface area contributed by atoms with E-state index in [1.807, 2.05) is 0 Å². The number of sulfonamides is 1. The average Bonchev–Trinajstić information content (AvgIpc) is 2.86. The summed E-state index contributed by atoms with van der Waals surface area (Å²) >= 11 is 0. The van der Waals surface area contributed by atoms with Crippen molar-refractivity contribution in [3.63, 3.8) is 0 Å². The van der Waals surface area contributed by atoms with E-state index in [1.54, 1.807) is 64.1 Å². The lowest BCUT2D eigenvalue weighted by atomic mass is 10.2. The largest absolute Gasteiger partial charge is 0.421 e. The molecule has 0 radical (unpaired) electrons. The van der Waals surface area contributed by atoms with Crippen molar-refractivity contribution in [2.24, 2.45) is 0 Å². The van der Waals surface area contributed by atoms with E-state index in [9.17, 15) is 26.2 Å². The van der Waals surface area contributed by atoms with E-state index >= 15 is 0 Å². The quantitative estimate of drug-likeness (QED) is 0.211. The molecule has 0 amide bonds. The predicted molar refractivity (Wildman–Crippen MR) is 155 cm³/mol. The highest BCUT2D eigenvalue weighted by molar-refractivity contribution is 7.92. The predicted octanol–water partition coefficient (Wildman–Crippen LogP) is 6.19. The van der Waals surface area contributed by atoms with Gasteiger partial charge in [0.05, 0.1) is 24.6 Å². The number of nitrogens with one attached hydrogen (secondary N) is 2. The van der Waals surface area contributed by atoms with Gasteiger partial charge < -0.3 is 19.7 Å². The van der Waals surface area contributed by atoms with E-state index in [0.717, 1.165) is 10.6 Å². The molecule has 0 fully saturated rings. The second-order valence-corrected chi connectivity index (χ2v) is 13.9. The lowest BCUT2D eigenvalue weighted by Gasteiger charge is -2.23. The highest BCUT2D eigenvalue weighted by atomic mass is 32.2. The maximum Gasteiger partial charge on any atom is 0.421 e. The maximum atomic E-state index is 13.8. The minimum Gasteiger partial charge on any atom is -0.365 e. The van der Waals surface area contributed by atoms with Crippen LogP contribution in [0.3, 0.4) is 0 Å². The van der Waals surface area contributed by atoms with E-state index in [2.05, 4.69) is 25.6 Å². The number of aromatic nitrogens is 3. The highest BCUT2D eigenvalue weighted by Gasteiger charge is 2.35. The zero-order valence-corrected chi connectivity index (χ0v) is 25.7. The summed E-state index contributed by atoms with van der Waals surface area (Å²) in [6.45, 7) is 6.86. The van der Waals surface area contributed by atoms with Crippen LogP contribution in [0.25, 0.3) is 0 Å². The summed E-state index contributed by atoms with van der Waals surface area (Å²) in [6.07, 6.45) is -2.30. The molecule has 16 heteroatoms. The number of nitrogens with zero attached hydrogens (tertiary/aromatic N) is 4. The minimum absolute atomic E-state index is 0.0410. The molecule has 230 valence electrons. The third-order valence-electron chi connectivity index (χ3n) is 5.53. The number of rotatable bonds is 13. The van der Waals surface area contributed by atoms with Gasteiger partial charge in [0.25, 0.3) is 0 Å². The Morgan fingerprint density at radius 1 is 1.02 bits per heavy atom. The number of benzene rings is 1. The summed E-state index contributed by atoms with van der Waals surface area (Å²) in [5.41, 5.74) is 0.379. The van der Waals surface area contributed by atoms with Crippen molar-refractivity contribution in [1.82, 2.24) is 15.0 Å². The summed E-state index contributed by atoms with van der Waals surface area (Å²) < 4.78 is 90.5. The fraction of sp³-hybridized carbons (Fsp3) is 0.423. The summed E-state index contributed by atoms with van der Waals surface area (Å²) in [5.74, 6) is -0.559. The Kier molecular flexibility index (Phi) is 10.6. The number of halogens is 3. The van der Waals surface area contributed by atoms with E-state index < -0.39 is 35.2 Å². The molecule has 0 bridgehead atoms. The molecule has 0 saturated carbocycles. The molecule has 0 aliphatic rings. The zero-order valence-electron chi connectivity index (χ0n) is 24.0. The third kappa shape index (κ3) is 9.38. The smallest absolute Gasteiger partial charge is 0.365 e. The topological polar surface area (TPSA) is 136 Å². The van der Waals surface area contributed by atoms with Crippen LogP contribution in [0.2, 0.25) is 0 Å². The molecule has 0 unspecified atom stereocenters. The van der Waals surface area contributed by atoms with Crippen molar-refractivity contribution >= 4 is 40.9 Å². The van der Waals surface area contributed by atoms with E-state index in [0.29, 0.717) is 23.0 Å². The van der Waals surface area contributed by atoms with Crippen molar-refractivity contribution < 1.29 is 35.2 Å². The van der Waals surface area contributed by atoms with E-state index in [1.165, 1.54) is 13.2 Å². The number of pyridine rings is 1. The monoisotopic (exact) mass is 630 g/mol. The number of alkyl halides is 3. The maximum absolute atomic E-state index is 13.8. The van der Waals surface area contributed by atoms with Crippen molar-refractivity contribution in [2.45, 2.75) is 58.8 Å². The lowest BCUT2D eigenvalue weighted by Crippen LogP contribution is -2.27. The molecule has 2 heterocycles. The molecule has 2 aromatic heterocycles. The molecule has 0 spiro atoms. The first-order valence-electron chi connectivity index (χ1n) is 12.8. The standard InChI is InChI=1S/C26H34F3N6O5PS/c1-17(2)39-41(36,40-18(3)4)16-19-9-11-21(12-10-19)33-25-32-15-22(26(27,28)29)23(34-25)31-14-20-8-7-13-30-24(20)35(5)42(6,37)38/h7-13,15,17-18H,14,16H2,1-6H3,(H2,31,32,33,34). The van der Waals surface area contributed by atoms with Gasteiger partial charge in [0.1, 0.15) is 17.2 Å². The van der Waals surface area contributed by atoms with Crippen molar-refractivity contribution in [1.29, 1.82) is 0 Å². The van der Waals surface area contributed by atoms with Gasteiger partial charge in [-0.1, -0.05) is 18.2 Å². The van der Waals surface area contributed by atoms with Gasteiger partial charge in [-0.2, -0.15) is 18.2 Å². The molecule has 42 heavy (non-hydrogen) atoms. The summed E-state index contributed by atoms with van der Waals surface area (Å²) in [4.78, 5) is 11.9. The molecule has 2 N–H and O–H groups in total.